The lowest BCUT2D eigenvalue weighted by molar-refractivity contribution is -0.0267. The first-order chi connectivity index (χ1) is 5.86. The van der Waals surface area contributed by atoms with Crippen molar-refractivity contribution < 1.29 is 0 Å². The molecule has 4 bridgehead atoms. The molecule has 0 aromatic rings. The Morgan fingerprint density at radius 1 is 0.833 bits per heavy atom. The molecule has 0 N–H and O–H groups in total. The van der Waals surface area contributed by atoms with Gasteiger partial charge in [-0.15, -0.1) is 11.6 Å². The predicted octanol–water partition coefficient (Wildman–Crippen LogP) is 3.30. The van der Waals surface area contributed by atoms with Gasteiger partial charge in [0.2, 0.25) is 0 Å². The number of hydrogen-bond acceptors (Lipinski definition) is 0. The molecule has 4 saturated carbocycles. The van der Waals surface area contributed by atoms with Crippen LogP contribution in [0.4, 0.5) is 0 Å². The van der Waals surface area contributed by atoms with E-state index in [9.17, 15) is 0 Å². The summed E-state index contributed by atoms with van der Waals surface area (Å²) in [4.78, 5) is 0. The lowest BCUT2D eigenvalue weighted by atomic mass is 9.52. The summed E-state index contributed by atoms with van der Waals surface area (Å²) in [5.41, 5.74) is 0. The maximum Gasteiger partial charge on any atom is 0.0257 e. The Balaban J connectivity index is 1.86. The van der Waals surface area contributed by atoms with Gasteiger partial charge >= 0.3 is 0 Å². The fourth-order valence-electron chi connectivity index (χ4n) is 4.29. The van der Waals surface area contributed by atoms with E-state index in [1.54, 1.807) is 6.42 Å². The van der Waals surface area contributed by atoms with E-state index in [0.717, 1.165) is 35.5 Å². The molecule has 0 saturated heterocycles. The molecule has 4 rings (SSSR count). The summed E-state index contributed by atoms with van der Waals surface area (Å²) < 4.78 is 0. The maximum absolute atomic E-state index is 6.05. The zero-order chi connectivity index (χ0) is 8.13. The fourth-order valence-corrected chi connectivity index (χ4v) is 4.79. The molecule has 0 unspecified atom stereocenters. The molecule has 1 heteroatoms. The van der Waals surface area contributed by atoms with Gasteiger partial charge in [0.15, 0.2) is 0 Å². The van der Waals surface area contributed by atoms with Crippen LogP contribution in [0.1, 0.15) is 32.1 Å². The molecular formula is C11H17Cl. The molecule has 0 aliphatic heterocycles. The highest BCUT2D eigenvalue weighted by atomic mass is 35.5. The van der Waals surface area contributed by atoms with E-state index >= 15 is 0 Å². The third-order valence-electron chi connectivity index (χ3n) is 4.60. The summed E-state index contributed by atoms with van der Waals surface area (Å²) in [7, 11) is 0. The number of hydrogen-bond donors (Lipinski definition) is 0. The van der Waals surface area contributed by atoms with Crippen LogP contribution in [0.2, 0.25) is 0 Å². The third kappa shape index (κ3) is 0.968. The van der Waals surface area contributed by atoms with E-state index in [1.807, 2.05) is 0 Å². The minimum Gasteiger partial charge on any atom is -0.126 e. The molecule has 4 aliphatic carbocycles. The molecule has 0 nitrogen and oxygen atoms in total. The van der Waals surface area contributed by atoms with Crippen molar-refractivity contribution >= 4 is 11.6 Å². The summed E-state index contributed by atoms with van der Waals surface area (Å²) in [5.74, 6) is 6.10. The van der Waals surface area contributed by atoms with Crippen molar-refractivity contribution in [2.75, 3.05) is 5.88 Å². The summed E-state index contributed by atoms with van der Waals surface area (Å²) in [5, 5.41) is 0. The van der Waals surface area contributed by atoms with E-state index in [2.05, 4.69) is 0 Å². The normalized spacial score (nSPS) is 56.2. The van der Waals surface area contributed by atoms with Gasteiger partial charge in [-0.25, -0.2) is 0 Å². The first-order valence-corrected chi connectivity index (χ1v) is 5.96. The summed E-state index contributed by atoms with van der Waals surface area (Å²) >= 11 is 6.05. The summed E-state index contributed by atoms with van der Waals surface area (Å²) in [6.45, 7) is 0. The van der Waals surface area contributed by atoms with Gasteiger partial charge in [-0.2, -0.15) is 0 Å². The van der Waals surface area contributed by atoms with E-state index in [1.165, 1.54) is 25.7 Å². The average Bonchev–Trinajstić information content (AvgIpc) is 2.02. The monoisotopic (exact) mass is 184 g/mol. The van der Waals surface area contributed by atoms with Crippen LogP contribution in [-0.4, -0.2) is 5.88 Å². The number of rotatable bonds is 1. The van der Waals surface area contributed by atoms with Crippen molar-refractivity contribution in [1.82, 2.24) is 0 Å². The van der Waals surface area contributed by atoms with Crippen molar-refractivity contribution in [2.45, 2.75) is 32.1 Å². The molecule has 0 heterocycles. The summed E-state index contributed by atoms with van der Waals surface area (Å²) in [6.07, 6.45) is 7.63. The highest BCUT2D eigenvalue weighted by Crippen LogP contribution is 2.56. The Morgan fingerprint density at radius 3 is 1.75 bits per heavy atom. The van der Waals surface area contributed by atoms with Crippen LogP contribution < -0.4 is 0 Å². The van der Waals surface area contributed by atoms with E-state index in [0.29, 0.717) is 0 Å². The maximum atomic E-state index is 6.05. The average molecular weight is 185 g/mol. The topological polar surface area (TPSA) is 0 Å². The van der Waals surface area contributed by atoms with Crippen LogP contribution in [0.3, 0.4) is 0 Å². The first kappa shape index (κ1) is 7.67. The van der Waals surface area contributed by atoms with Crippen molar-refractivity contribution in [3.05, 3.63) is 0 Å². The molecular weight excluding hydrogens is 168 g/mol. The lowest BCUT2D eigenvalue weighted by Crippen LogP contribution is -2.45. The lowest BCUT2D eigenvalue weighted by Gasteiger charge is -2.54. The highest BCUT2D eigenvalue weighted by Gasteiger charge is 2.47. The van der Waals surface area contributed by atoms with Crippen molar-refractivity contribution in [2.24, 2.45) is 29.6 Å². The van der Waals surface area contributed by atoms with Gasteiger partial charge in [0, 0.05) is 5.88 Å². The fraction of sp³-hybridized carbons (Fsp3) is 1.00. The molecule has 4 fully saturated rings. The molecule has 0 atom stereocenters. The largest absolute Gasteiger partial charge is 0.126 e. The molecule has 12 heavy (non-hydrogen) atoms. The first-order valence-electron chi connectivity index (χ1n) is 5.42. The van der Waals surface area contributed by atoms with Crippen molar-refractivity contribution in [3.63, 3.8) is 0 Å². The molecule has 4 aliphatic rings. The Morgan fingerprint density at radius 2 is 1.33 bits per heavy atom. The third-order valence-corrected chi connectivity index (χ3v) is 4.96. The molecule has 0 aromatic carbocycles. The van der Waals surface area contributed by atoms with Crippen LogP contribution in [0.5, 0.6) is 0 Å². The van der Waals surface area contributed by atoms with Crippen molar-refractivity contribution in [3.8, 4) is 0 Å². The van der Waals surface area contributed by atoms with Crippen LogP contribution in [0.15, 0.2) is 0 Å². The Kier molecular flexibility index (Phi) is 1.69. The molecule has 68 valence electrons. The molecule has 0 amide bonds. The van der Waals surface area contributed by atoms with E-state index in [4.69, 9.17) is 11.6 Å². The SMILES string of the molecule is ClCC1C2CC3CC(C2)CC1C3. The minimum absolute atomic E-state index is 0.902. The van der Waals surface area contributed by atoms with Crippen LogP contribution >= 0.6 is 11.6 Å². The zero-order valence-electron chi connectivity index (χ0n) is 7.51. The van der Waals surface area contributed by atoms with Crippen LogP contribution in [0, 0.1) is 29.6 Å². The number of alkyl halides is 1. The van der Waals surface area contributed by atoms with Gasteiger partial charge in [-0.05, 0) is 61.7 Å². The molecule has 0 spiro atoms. The van der Waals surface area contributed by atoms with Gasteiger partial charge in [-0.1, -0.05) is 0 Å². The standard InChI is InChI=1S/C11H17Cl/c12-6-11-9-2-7-1-8(4-9)5-10(11)3-7/h7-11H,1-6H2. The smallest absolute Gasteiger partial charge is 0.0257 e. The Bertz CT molecular complexity index is 159. The van der Waals surface area contributed by atoms with Crippen molar-refractivity contribution in [1.29, 1.82) is 0 Å². The highest BCUT2D eigenvalue weighted by molar-refractivity contribution is 6.18. The van der Waals surface area contributed by atoms with E-state index < -0.39 is 0 Å². The molecule has 0 aromatic heterocycles. The Labute approximate surface area is 79.7 Å². The van der Waals surface area contributed by atoms with Gasteiger partial charge in [0.1, 0.15) is 0 Å². The predicted molar refractivity (Wildman–Crippen MR) is 51.3 cm³/mol. The van der Waals surface area contributed by atoms with Crippen LogP contribution in [0.25, 0.3) is 0 Å². The number of halogens is 1. The zero-order valence-corrected chi connectivity index (χ0v) is 8.26. The molecule has 0 radical (unpaired) electrons. The van der Waals surface area contributed by atoms with Gasteiger partial charge in [0.25, 0.3) is 0 Å². The second kappa shape index (κ2) is 2.64. The second-order valence-corrected chi connectivity index (χ2v) is 5.56. The minimum atomic E-state index is 0.902. The van der Waals surface area contributed by atoms with Crippen LogP contribution in [-0.2, 0) is 0 Å². The van der Waals surface area contributed by atoms with Gasteiger partial charge in [0.05, 0.1) is 0 Å². The van der Waals surface area contributed by atoms with Gasteiger partial charge < -0.3 is 0 Å². The quantitative estimate of drug-likeness (QED) is 0.549. The second-order valence-electron chi connectivity index (χ2n) is 5.25. The Hall–Kier alpha value is 0.290. The summed E-state index contributed by atoms with van der Waals surface area (Å²) in [6, 6.07) is 0. The van der Waals surface area contributed by atoms with Gasteiger partial charge in [-0.3, -0.25) is 0 Å². The van der Waals surface area contributed by atoms with E-state index in [-0.39, 0.29) is 0 Å².